The fourth-order valence-electron chi connectivity index (χ4n) is 2.33. The second kappa shape index (κ2) is 4.76. The summed E-state index contributed by atoms with van der Waals surface area (Å²) >= 11 is 5.98. The number of halogens is 1. The Bertz CT molecular complexity index is 441. The Morgan fingerprint density at radius 1 is 1.31 bits per heavy atom. The van der Waals surface area contributed by atoms with Gasteiger partial charge >= 0.3 is 0 Å². The standard InChI is InChI=1S/C12H15ClO2S/c13-8-12(10-4-2-1-3-5-10)11-6-7-16(14,15)9-11/h1-5,11-12H,6-9H2. The van der Waals surface area contributed by atoms with Gasteiger partial charge in [0.25, 0.3) is 0 Å². The van der Waals surface area contributed by atoms with Crippen molar-refractivity contribution in [2.24, 2.45) is 5.92 Å². The van der Waals surface area contributed by atoms with Crippen LogP contribution in [0.25, 0.3) is 0 Å². The topological polar surface area (TPSA) is 34.1 Å². The quantitative estimate of drug-likeness (QED) is 0.781. The van der Waals surface area contributed by atoms with Gasteiger partial charge in [0, 0.05) is 11.8 Å². The lowest BCUT2D eigenvalue weighted by Crippen LogP contribution is -2.16. The van der Waals surface area contributed by atoms with E-state index in [2.05, 4.69) is 0 Å². The second-order valence-electron chi connectivity index (χ2n) is 4.33. The van der Waals surface area contributed by atoms with Gasteiger partial charge in [0.05, 0.1) is 11.5 Å². The molecule has 0 N–H and O–H groups in total. The molecule has 1 aliphatic rings. The number of hydrogen-bond donors (Lipinski definition) is 0. The van der Waals surface area contributed by atoms with Gasteiger partial charge in [0.15, 0.2) is 9.84 Å². The van der Waals surface area contributed by atoms with Crippen molar-refractivity contribution in [1.82, 2.24) is 0 Å². The molecule has 2 rings (SSSR count). The number of benzene rings is 1. The van der Waals surface area contributed by atoms with Crippen LogP contribution in [0.2, 0.25) is 0 Å². The van der Waals surface area contributed by atoms with Crippen molar-refractivity contribution in [3.05, 3.63) is 35.9 Å². The molecule has 1 aromatic rings. The molecule has 1 aliphatic heterocycles. The molecule has 88 valence electrons. The first-order valence-corrected chi connectivity index (χ1v) is 7.79. The van der Waals surface area contributed by atoms with Crippen molar-refractivity contribution in [3.8, 4) is 0 Å². The van der Waals surface area contributed by atoms with Crippen molar-refractivity contribution in [1.29, 1.82) is 0 Å². The molecule has 0 amide bonds. The zero-order chi connectivity index (χ0) is 11.6. The van der Waals surface area contributed by atoms with Gasteiger partial charge in [-0.1, -0.05) is 30.3 Å². The van der Waals surface area contributed by atoms with Gasteiger partial charge in [-0.15, -0.1) is 11.6 Å². The maximum Gasteiger partial charge on any atom is 0.150 e. The highest BCUT2D eigenvalue weighted by Gasteiger charge is 2.33. The Kier molecular flexibility index (Phi) is 3.55. The maximum absolute atomic E-state index is 11.4. The Morgan fingerprint density at radius 3 is 2.50 bits per heavy atom. The molecule has 2 unspecified atom stereocenters. The fourth-order valence-corrected chi connectivity index (χ4v) is 4.64. The van der Waals surface area contributed by atoms with Gasteiger partial charge in [-0.3, -0.25) is 0 Å². The number of rotatable bonds is 3. The molecular formula is C12H15ClO2S. The lowest BCUT2D eigenvalue weighted by molar-refractivity contribution is 0.501. The molecule has 1 aromatic carbocycles. The third kappa shape index (κ3) is 2.58. The Balaban J connectivity index is 2.19. The summed E-state index contributed by atoms with van der Waals surface area (Å²) in [5.74, 6) is 1.45. The third-order valence-electron chi connectivity index (χ3n) is 3.23. The highest BCUT2D eigenvalue weighted by molar-refractivity contribution is 7.91. The molecule has 0 aromatic heterocycles. The van der Waals surface area contributed by atoms with Crippen molar-refractivity contribution < 1.29 is 8.42 Å². The van der Waals surface area contributed by atoms with Crippen molar-refractivity contribution in [2.75, 3.05) is 17.4 Å². The zero-order valence-corrected chi connectivity index (χ0v) is 10.5. The zero-order valence-electron chi connectivity index (χ0n) is 8.97. The first-order valence-electron chi connectivity index (χ1n) is 5.44. The summed E-state index contributed by atoms with van der Waals surface area (Å²) in [6.07, 6.45) is 0.745. The van der Waals surface area contributed by atoms with Crippen LogP contribution in [0.3, 0.4) is 0 Å². The van der Waals surface area contributed by atoms with Crippen molar-refractivity contribution in [3.63, 3.8) is 0 Å². The van der Waals surface area contributed by atoms with Crippen LogP contribution in [0.5, 0.6) is 0 Å². The minimum Gasteiger partial charge on any atom is -0.229 e. The van der Waals surface area contributed by atoms with Gasteiger partial charge in [0.2, 0.25) is 0 Å². The summed E-state index contributed by atoms with van der Waals surface area (Å²) in [7, 11) is -2.82. The van der Waals surface area contributed by atoms with Crippen molar-refractivity contribution in [2.45, 2.75) is 12.3 Å². The average Bonchev–Trinajstić information content (AvgIpc) is 2.62. The first kappa shape index (κ1) is 11.9. The van der Waals surface area contributed by atoms with Gasteiger partial charge in [-0.25, -0.2) is 8.42 Å². The van der Waals surface area contributed by atoms with E-state index in [1.165, 1.54) is 0 Å². The molecule has 0 radical (unpaired) electrons. The van der Waals surface area contributed by atoms with Gasteiger partial charge in [-0.05, 0) is 17.9 Å². The molecule has 1 saturated heterocycles. The molecule has 0 aliphatic carbocycles. The molecule has 1 fully saturated rings. The Morgan fingerprint density at radius 2 is 2.00 bits per heavy atom. The summed E-state index contributed by atoms with van der Waals surface area (Å²) < 4.78 is 22.9. The molecule has 0 spiro atoms. The molecule has 16 heavy (non-hydrogen) atoms. The van der Waals surface area contributed by atoms with E-state index in [0.717, 1.165) is 12.0 Å². The molecule has 4 heteroatoms. The minimum atomic E-state index is -2.82. The van der Waals surface area contributed by atoms with E-state index in [4.69, 9.17) is 11.6 Å². The molecular weight excluding hydrogens is 244 g/mol. The minimum absolute atomic E-state index is 0.167. The van der Waals surface area contributed by atoms with E-state index in [-0.39, 0.29) is 11.8 Å². The average molecular weight is 259 g/mol. The van der Waals surface area contributed by atoms with Crippen LogP contribution in [0, 0.1) is 5.92 Å². The highest BCUT2D eigenvalue weighted by atomic mass is 35.5. The largest absolute Gasteiger partial charge is 0.229 e. The van der Waals surface area contributed by atoms with E-state index in [1.54, 1.807) is 0 Å². The molecule has 0 saturated carbocycles. The van der Waals surface area contributed by atoms with Crippen LogP contribution in [0.4, 0.5) is 0 Å². The number of sulfone groups is 1. The fraction of sp³-hybridized carbons (Fsp3) is 0.500. The SMILES string of the molecule is O=S1(=O)CCC(C(CCl)c2ccccc2)C1. The van der Waals surface area contributed by atoms with Crippen LogP contribution in [0.15, 0.2) is 30.3 Å². The molecule has 2 atom stereocenters. The summed E-state index contributed by atoms with van der Waals surface area (Å²) in [6.45, 7) is 0. The van der Waals surface area contributed by atoms with Crippen LogP contribution < -0.4 is 0 Å². The predicted octanol–water partition coefficient (Wildman–Crippen LogP) is 2.44. The van der Waals surface area contributed by atoms with Gasteiger partial charge < -0.3 is 0 Å². The van der Waals surface area contributed by atoms with Crippen LogP contribution in [0.1, 0.15) is 17.9 Å². The molecule has 2 nitrogen and oxygen atoms in total. The van der Waals surface area contributed by atoms with E-state index in [1.807, 2.05) is 30.3 Å². The summed E-state index contributed by atoms with van der Waals surface area (Å²) in [5.41, 5.74) is 1.15. The molecule has 0 bridgehead atoms. The lowest BCUT2D eigenvalue weighted by atomic mass is 9.87. The first-order chi connectivity index (χ1) is 7.62. The molecule has 1 heterocycles. The van der Waals surface area contributed by atoms with E-state index < -0.39 is 9.84 Å². The summed E-state index contributed by atoms with van der Waals surface area (Å²) in [4.78, 5) is 0. The van der Waals surface area contributed by atoms with E-state index >= 15 is 0 Å². The van der Waals surface area contributed by atoms with Crippen LogP contribution in [-0.4, -0.2) is 25.8 Å². The second-order valence-corrected chi connectivity index (χ2v) is 6.87. The Labute approximate surface area is 102 Å². The van der Waals surface area contributed by atoms with Crippen LogP contribution in [-0.2, 0) is 9.84 Å². The van der Waals surface area contributed by atoms with Gasteiger partial charge in [-0.2, -0.15) is 0 Å². The smallest absolute Gasteiger partial charge is 0.150 e. The lowest BCUT2D eigenvalue weighted by Gasteiger charge is -2.20. The summed E-state index contributed by atoms with van der Waals surface area (Å²) in [6, 6.07) is 9.95. The van der Waals surface area contributed by atoms with Gasteiger partial charge in [0.1, 0.15) is 0 Å². The normalized spacial score (nSPS) is 25.4. The number of hydrogen-bond acceptors (Lipinski definition) is 2. The van der Waals surface area contributed by atoms with E-state index in [0.29, 0.717) is 17.4 Å². The third-order valence-corrected chi connectivity index (χ3v) is 5.36. The summed E-state index contributed by atoms with van der Waals surface area (Å²) in [5, 5.41) is 0. The van der Waals surface area contributed by atoms with Crippen LogP contribution >= 0.6 is 11.6 Å². The monoisotopic (exact) mass is 258 g/mol. The van der Waals surface area contributed by atoms with E-state index in [9.17, 15) is 8.42 Å². The maximum atomic E-state index is 11.4. The Hall–Kier alpha value is -0.540. The highest BCUT2D eigenvalue weighted by Crippen LogP contribution is 2.33. The number of alkyl halides is 1. The predicted molar refractivity (Wildman–Crippen MR) is 66.7 cm³/mol. The van der Waals surface area contributed by atoms with Crippen molar-refractivity contribution >= 4 is 21.4 Å².